The lowest BCUT2D eigenvalue weighted by molar-refractivity contribution is -0.136. The summed E-state index contributed by atoms with van der Waals surface area (Å²) in [7, 11) is 0. The Hall–Kier alpha value is -2.56. The van der Waals surface area contributed by atoms with E-state index in [1.807, 2.05) is 37.3 Å². The molecule has 0 spiro atoms. The van der Waals surface area contributed by atoms with E-state index in [1.165, 1.54) is 6.08 Å². The van der Waals surface area contributed by atoms with Gasteiger partial charge in [0, 0.05) is 18.2 Å². The highest BCUT2D eigenvalue weighted by atomic mass is 16.5. The van der Waals surface area contributed by atoms with Crippen LogP contribution in [0.1, 0.15) is 18.9 Å². The van der Waals surface area contributed by atoms with E-state index in [0.717, 1.165) is 16.9 Å². The molecular formula is C16H17NO4. The zero-order valence-electron chi connectivity index (χ0n) is 11.7. The molecule has 0 aromatic heterocycles. The summed E-state index contributed by atoms with van der Waals surface area (Å²) in [5.74, 6) is -0.427. The average Bonchev–Trinajstić information content (AvgIpc) is 2.44. The van der Waals surface area contributed by atoms with E-state index in [1.54, 1.807) is 6.08 Å². The van der Waals surface area contributed by atoms with Crippen LogP contribution >= 0.6 is 0 Å². The van der Waals surface area contributed by atoms with Crippen LogP contribution in [0.2, 0.25) is 0 Å². The van der Waals surface area contributed by atoms with Crippen molar-refractivity contribution in [1.29, 1.82) is 0 Å². The summed E-state index contributed by atoms with van der Waals surface area (Å²) in [6.45, 7) is 2.03. The van der Waals surface area contributed by atoms with Crippen LogP contribution in [0.3, 0.4) is 0 Å². The molecule has 2 N–H and O–H groups in total. The van der Waals surface area contributed by atoms with Crippen LogP contribution in [0.5, 0.6) is 5.75 Å². The molecule has 5 nitrogen and oxygen atoms in total. The van der Waals surface area contributed by atoms with Gasteiger partial charge in [-0.1, -0.05) is 18.2 Å². The minimum absolute atomic E-state index is 0.0881. The Morgan fingerprint density at radius 3 is 2.90 bits per heavy atom. The fraction of sp³-hybridized carbons (Fsp3) is 0.250. The molecule has 21 heavy (non-hydrogen) atoms. The van der Waals surface area contributed by atoms with Gasteiger partial charge in [0.25, 0.3) is 0 Å². The fourth-order valence-corrected chi connectivity index (χ4v) is 1.97. The molecule has 0 fully saturated rings. The van der Waals surface area contributed by atoms with Gasteiger partial charge in [0.15, 0.2) is 0 Å². The van der Waals surface area contributed by atoms with Gasteiger partial charge in [-0.25, -0.2) is 0 Å². The van der Waals surface area contributed by atoms with Crippen molar-refractivity contribution in [2.45, 2.75) is 19.4 Å². The first-order valence-electron chi connectivity index (χ1n) is 6.71. The molecule has 1 heterocycles. The molecule has 0 radical (unpaired) electrons. The van der Waals surface area contributed by atoms with E-state index in [-0.39, 0.29) is 25.0 Å². The minimum Gasteiger partial charge on any atom is -0.485 e. The van der Waals surface area contributed by atoms with Crippen LogP contribution < -0.4 is 10.1 Å². The smallest absolute Gasteiger partial charge is 0.305 e. The Morgan fingerprint density at radius 1 is 1.38 bits per heavy atom. The number of hydrogen-bond donors (Lipinski definition) is 2. The topological polar surface area (TPSA) is 75.6 Å². The van der Waals surface area contributed by atoms with Crippen molar-refractivity contribution in [2.24, 2.45) is 0 Å². The second-order valence-electron chi connectivity index (χ2n) is 4.71. The van der Waals surface area contributed by atoms with Gasteiger partial charge in [0.1, 0.15) is 11.9 Å². The largest absolute Gasteiger partial charge is 0.485 e. The third-order valence-electron chi connectivity index (χ3n) is 3.08. The van der Waals surface area contributed by atoms with E-state index in [9.17, 15) is 9.59 Å². The second-order valence-corrected chi connectivity index (χ2v) is 4.71. The lowest BCUT2D eigenvalue weighted by atomic mass is 10.0. The van der Waals surface area contributed by atoms with Gasteiger partial charge >= 0.3 is 5.97 Å². The predicted octanol–water partition coefficient (Wildman–Crippen LogP) is 2.00. The maximum Gasteiger partial charge on any atom is 0.305 e. The number of hydrogen-bond acceptors (Lipinski definition) is 3. The van der Waals surface area contributed by atoms with Crippen LogP contribution in [-0.4, -0.2) is 29.6 Å². The summed E-state index contributed by atoms with van der Waals surface area (Å²) in [6, 6.07) is 7.69. The van der Waals surface area contributed by atoms with E-state index >= 15 is 0 Å². The number of aliphatic carboxylic acids is 1. The number of carboxylic acids is 1. The molecule has 1 amide bonds. The Bertz CT molecular complexity index is 604. The Morgan fingerprint density at radius 2 is 2.14 bits per heavy atom. The molecule has 0 saturated carbocycles. The molecular weight excluding hydrogens is 270 g/mol. The molecule has 0 bridgehead atoms. The molecule has 110 valence electrons. The summed E-state index contributed by atoms with van der Waals surface area (Å²) in [5.41, 5.74) is 1.86. The average molecular weight is 287 g/mol. The number of nitrogens with one attached hydrogen (secondary N) is 1. The van der Waals surface area contributed by atoms with Crippen LogP contribution in [0.25, 0.3) is 6.08 Å². The zero-order chi connectivity index (χ0) is 15.2. The van der Waals surface area contributed by atoms with Gasteiger partial charge < -0.3 is 15.2 Å². The van der Waals surface area contributed by atoms with Crippen LogP contribution in [-0.2, 0) is 9.59 Å². The van der Waals surface area contributed by atoms with E-state index in [2.05, 4.69) is 5.32 Å². The maximum absolute atomic E-state index is 11.6. The Kier molecular flexibility index (Phi) is 4.77. The van der Waals surface area contributed by atoms with E-state index in [4.69, 9.17) is 9.84 Å². The minimum atomic E-state index is -0.937. The molecule has 1 aliphatic rings. The van der Waals surface area contributed by atoms with Gasteiger partial charge in [-0.05, 0) is 30.7 Å². The third-order valence-corrected chi connectivity index (χ3v) is 3.08. The fourth-order valence-electron chi connectivity index (χ4n) is 1.97. The van der Waals surface area contributed by atoms with Crippen molar-refractivity contribution < 1.29 is 19.4 Å². The van der Waals surface area contributed by atoms with Crippen molar-refractivity contribution >= 4 is 18.0 Å². The van der Waals surface area contributed by atoms with Crippen LogP contribution in [0.4, 0.5) is 0 Å². The number of carbonyl (C=O) groups excluding carboxylic acids is 1. The maximum atomic E-state index is 11.6. The summed E-state index contributed by atoms with van der Waals surface area (Å²) in [4.78, 5) is 21.9. The van der Waals surface area contributed by atoms with Crippen LogP contribution in [0, 0.1) is 0 Å². The molecule has 1 atom stereocenters. The van der Waals surface area contributed by atoms with Crippen molar-refractivity contribution in [3.05, 3.63) is 47.6 Å². The highest BCUT2D eigenvalue weighted by Crippen LogP contribution is 2.29. The Labute approximate surface area is 122 Å². The predicted molar refractivity (Wildman–Crippen MR) is 78.9 cm³/mol. The van der Waals surface area contributed by atoms with Crippen molar-refractivity contribution in [3.8, 4) is 5.75 Å². The number of fused-ring (bicyclic) bond motifs is 1. The van der Waals surface area contributed by atoms with Gasteiger partial charge in [0.05, 0.1) is 6.42 Å². The molecule has 1 aromatic carbocycles. The monoisotopic (exact) mass is 287 g/mol. The summed E-state index contributed by atoms with van der Waals surface area (Å²) in [5, 5.41) is 11.0. The second kappa shape index (κ2) is 6.74. The standard InChI is InChI=1S/C16H17NO4/c1-11-12(6-7-15(18)17-9-8-16(19)20)10-13-4-2-3-5-14(13)21-11/h2-7,10-11H,8-9H2,1H3,(H,17,18)(H,19,20). The first kappa shape index (κ1) is 14.8. The number of amides is 1. The number of carbonyl (C=O) groups is 2. The Balaban J connectivity index is 1.99. The number of rotatable bonds is 5. The SMILES string of the molecule is CC1Oc2ccccc2C=C1C=CC(=O)NCCC(=O)O. The molecule has 0 aliphatic carbocycles. The van der Waals surface area contributed by atoms with Gasteiger partial charge in [-0.15, -0.1) is 0 Å². The molecule has 0 saturated heterocycles. The zero-order valence-corrected chi connectivity index (χ0v) is 11.7. The quantitative estimate of drug-likeness (QED) is 0.812. The normalized spacial score (nSPS) is 16.8. The first-order chi connectivity index (χ1) is 10.1. The molecule has 2 rings (SSSR count). The number of carboxylic acid groups (broad SMARTS) is 1. The van der Waals surface area contributed by atoms with E-state index < -0.39 is 5.97 Å². The molecule has 1 aliphatic heterocycles. The third kappa shape index (κ3) is 4.21. The van der Waals surface area contributed by atoms with Crippen molar-refractivity contribution in [2.75, 3.05) is 6.54 Å². The number of ether oxygens (including phenoxy) is 1. The van der Waals surface area contributed by atoms with Crippen molar-refractivity contribution in [1.82, 2.24) is 5.32 Å². The number of benzene rings is 1. The summed E-state index contributed by atoms with van der Waals surface area (Å²) in [6.07, 6.45) is 4.83. The van der Waals surface area contributed by atoms with Gasteiger partial charge in [-0.3, -0.25) is 9.59 Å². The summed E-state index contributed by atoms with van der Waals surface area (Å²) >= 11 is 0. The lowest BCUT2D eigenvalue weighted by Crippen LogP contribution is -2.24. The first-order valence-corrected chi connectivity index (χ1v) is 6.71. The van der Waals surface area contributed by atoms with E-state index in [0.29, 0.717) is 0 Å². The molecule has 1 unspecified atom stereocenters. The van der Waals surface area contributed by atoms with Gasteiger partial charge in [-0.2, -0.15) is 0 Å². The molecule has 1 aromatic rings. The summed E-state index contributed by atoms with van der Waals surface area (Å²) < 4.78 is 5.76. The van der Waals surface area contributed by atoms with Crippen LogP contribution in [0.15, 0.2) is 42.0 Å². The number of para-hydroxylation sites is 1. The highest BCUT2D eigenvalue weighted by Gasteiger charge is 2.16. The highest BCUT2D eigenvalue weighted by molar-refractivity contribution is 5.88. The van der Waals surface area contributed by atoms with Gasteiger partial charge in [0.2, 0.25) is 5.91 Å². The molecule has 5 heteroatoms. The lowest BCUT2D eigenvalue weighted by Gasteiger charge is -2.22. The van der Waals surface area contributed by atoms with Crippen molar-refractivity contribution in [3.63, 3.8) is 0 Å².